The number of nitrogens with zero attached hydrogens (tertiary/aromatic N) is 1. The molecule has 0 amide bonds. The van der Waals surface area contributed by atoms with Crippen LogP contribution < -0.4 is 5.56 Å². The number of carboxylic acid groups (broad SMARTS) is 1. The van der Waals surface area contributed by atoms with Crippen molar-refractivity contribution < 1.29 is 18.7 Å². The molecule has 1 fully saturated rings. The summed E-state index contributed by atoms with van der Waals surface area (Å²) in [6.45, 7) is 0.148. The summed E-state index contributed by atoms with van der Waals surface area (Å²) in [6, 6.07) is 2.38. The SMILES string of the molecule is O=C(O)c1ccc(=O)n(CC2CCCC(F)(F)C2)c1. The van der Waals surface area contributed by atoms with Gasteiger partial charge in [0.25, 0.3) is 5.56 Å². The molecule has 1 heterocycles. The molecule has 4 nitrogen and oxygen atoms in total. The number of carboxylic acids is 1. The number of hydrogen-bond acceptors (Lipinski definition) is 2. The van der Waals surface area contributed by atoms with Gasteiger partial charge in [0, 0.05) is 31.6 Å². The molecule has 0 aromatic carbocycles. The molecule has 2 rings (SSSR count). The molecule has 0 radical (unpaired) electrons. The molecule has 0 saturated heterocycles. The van der Waals surface area contributed by atoms with Crippen molar-refractivity contribution in [2.24, 2.45) is 5.92 Å². The minimum absolute atomic E-state index is 0.0119. The van der Waals surface area contributed by atoms with Gasteiger partial charge in [-0.05, 0) is 24.8 Å². The number of halogens is 2. The van der Waals surface area contributed by atoms with Crippen molar-refractivity contribution in [2.45, 2.75) is 38.2 Å². The van der Waals surface area contributed by atoms with E-state index in [1.807, 2.05) is 0 Å². The Morgan fingerprint density at radius 3 is 2.84 bits per heavy atom. The predicted molar refractivity (Wildman–Crippen MR) is 64.6 cm³/mol. The third kappa shape index (κ3) is 3.39. The number of hydrogen-bond donors (Lipinski definition) is 1. The Morgan fingerprint density at radius 2 is 2.21 bits per heavy atom. The van der Waals surface area contributed by atoms with Crippen molar-refractivity contribution in [1.82, 2.24) is 4.57 Å². The summed E-state index contributed by atoms with van der Waals surface area (Å²) in [6.07, 6.45) is 1.95. The fourth-order valence-electron chi connectivity index (χ4n) is 2.51. The van der Waals surface area contributed by atoms with Crippen molar-refractivity contribution in [3.63, 3.8) is 0 Å². The zero-order valence-electron chi connectivity index (χ0n) is 10.3. The lowest BCUT2D eigenvalue weighted by Gasteiger charge is -2.29. The summed E-state index contributed by atoms with van der Waals surface area (Å²) in [4.78, 5) is 22.4. The van der Waals surface area contributed by atoms with Crippen LogP contribution in [0.2, 0.25) is 0 Å². The van der Waals surface area contributed by atoms with E-state index in [9.17, 15) is 18.4 Å². The van der Waals surface area contributed by atoms with Gasteiger partial charge in [-0.2, -0.15) is 0 Å². The van der Waals surface area contributed by atoms with Crippen LogP contribution >= 0.6 is 0 Å². The maximum atomic E-state index is 13.3. The molecule has 104 valence electrons. The maximum Gasteiger partial charge on any atom is 0.337 e. The Labute approximate surface area is 108 Å². The van der Waals surface area contributed by atoms with Crippen molar-refractivity contribution >= 4 is 5.97 Å². The van der Waals surface area contributed by atoms with E-state index in [-0.39, 0.29) is 36.4 Å². The molecule has 1 aromatic heterocycles. The Balaban J connectivity index is 2.16. The van der Waals surface area contributed by atoms with Crippen LogP contribution in [-0.4, -0.2) is 21.6 Å². The molecule has 1 atom stereocenters. The van der Waals surface area contributed by atoms with Gasteiger partial charge in [-0.3, -0.25) is 4.79 Å². The zero-order chi connectivity index (χ0) is 14.0. The number of aromatic carboxylic acids is 1. The van der Waals surface area contributed by atoms with Gasteiger partial charge >= 0.3 is 5.97 Å². The highest BCUT2D eigenvalue weighted by Crippen LogP contribution is 2.37. The minimum Gasteiger partial charge on any atom is -0.478 e. The highest BCUT2D eigenvalue weighted by Gasteiger charge is 2.36. The van der Waals surface area contributed by atoms with Gasteiger partial charge in [0.15, 0.2) is 0 Å². The minimum atomic E-state index is -2.67. The molecule has 1 aliphatic rings. The van der Waals surface area contributed by atoms with Crippen molar-refractivity contribution in [3.8, 4) is 0 Å². The summed E-state index contributed by atoms with van der Waals surface area (Å²) in [5.74, 6) is -4.09. The third-order valence-corrected chi connectivity index (χ3v) is 3.43. The lowest BCUT2D eigenvalue weighted by Crippen LogP contribution is -2.31. The molecular formula is C13H15F2NO3. The largest absolute Gasteiger partial charge is 0.478 e. The molecule has 1 aliphatic carbocycles. The summed E-state index contributed by atoms with van der Waals surface area (Å²) in [5, 5.41) is 8.85. The fraction of sp³-hybridized carbons (Fsp3) is 0.538. The summed E-state index contributed by atoms with van der Waals surface area (Å²) in [5.41, 5.74) is -0.374. The van der Waals surface area contributed by atoms with Gasteiger partial charge < -0.3 is 9.67 Å². The van der Waals surface area contributed by atoms with Crippen molar-refractivity contribution in [2.75, 3.05) is 0 Å². The van der Waals surface area contributed by atoms with Gasteiger partial charge in [0.2, 0.25) is 5.92 Å². The lowest BCUT2D eigenvalue weighted by molar-refractivity contribution is -0.0548. The molecular weight excluding hydrogens is 256 g/mol. The molecule has 0 aliphatic heterocycles. The summed E-state index contributed by atoms with van der Waals surface area (Å²) in [7, 11) is 0. The average molecular weight is 271 g/mol. The van der Waals surface area contributed by atoms with E-state index in [1.54, 1.807) is 0 Å². The molecule has 1 aromatic rings. The van der Waals surface area contributed by atoms with E-state index in [2.05, 4.69) is 0 Å². The highest BCUT2D eigenvalue weighted by atomic mass is 19.3. The molecule has 6 heteroatoms. The topological polar surface area (TPSA) is 59.3 Å². The Morgan fingerprint density at radius 1 is 1.47 bits per heavy atom. The molecule has 0 bridgehead atoms. The van der Waals surface area contributed by atoms with E-state index < -0.39 is 11.9 Å². The smallest absolute Gasteiger partial charge is 0.337 e. The molecule has 0 spiro atoms. The standard InChI is InChI=1S/C13H15F2NO3/c14-13(15)5-1-2-9(6-13)7-16-8-10(12(18)19)3-4-11(16)17/h3-4,8-9H,1-2,5-7H2,(H,18,19). The van der Waals surface area contributed by atoms with Gasteiger partial charge in [-0.15, -0.1) is 0 Å². The number of alkyl halides is 2. The lowest BCUT2D eigenvalue weighted by atomic mass is 9.86. The fourth-order valence-corrected chi connectivity index (χ4v) is 2.51. The summed E-state index contributed by atoms with van der Waals surface area (Å²) >= 11 is 0. The first-order chi connectivity index (χ1) is 8.87. The monoisotopic (exact) mass is 271 g/mol. The van der Waals surface area contributed by atoms with Crippen LogP contribution in [-0.2, 0) is 6.54 Å². The van der Waals surface area contributed by atoms with Crippen molar-refractivity contribution in [3.05, 3.63) is 34.2 Å². The Bertz CT molecular complexity index is 539. The molecule has 19 heavy (non-hydrogen) atoms. The average Bonchev–Trinajstić information content (AvgIpc) is 2.30. The second-order valence-electron chi connectivity index (χ2n) is 5.03. The Hall–Kier alpha value is -1.72. The third-order valence-electron chi connectivity index (χ3n) is 3.43. The number of carbonyl (C=O) groups is 1. The second-order valence-corrected chi connectivity index (χ2v) is 5.03. The highest BCUT2D eigenvalue weighted by molar-refractivity contribution is 5.87. The number of aromatic nitrogens is 1. The normalized spacial score (nSPS) is 22.1. The van der Waals surface area contributed by atoms with Crippen LogP contribution in [0.5, 0.6) is 0 Å². The second kappa shape index (κ2) is 5.11. The van der Waals surface area contributed by atoms with E-state index in [0.29, 0.717) is 12.8 Å². The number of pyridine rings is 1. The number of rotatable bonds is 3. The van der Waals surface area contributed by atoms with Gasteiger partial charge in [0.1, 0.15) is 0 Å². The van der Waals surface area contributed by atoms with Crippen LogP contribution in [0.15, 0.2) is 23.1 Å². The van der Waals surface area contributed by atoms with Crippen LogP contribution in [0.3, 0.4) is 0 Å². The van der Waals surface area contributed by atoms with Gasteiger partial charge in [-0.1, -0.05) is 0 Å². The molecule has 1 saturated carbocycles. The Kier molecular flexibility index (Phi) is 3.68. The van der Waals surface area contributed by atoms with E-state index in [1.165, 1.54) is 16.8 Å². The molecule has 1 N–H and O–H groups in total. The van der Waals surface area contributed by atoms with E-state index in [0.717, 1.165) is 6.07 Å². The van der Waals surface area contributed by atoms with Crippen LogP contribution in [0.1, 0.15) is 36.0 Å². The van der Waals surface area contributed by atoms with Crippen LogP contribution in [0, 0.1) is 5.92 Å². The first-order valence-corrected chi connectivity index (χ1v) is 6.19. The quantitative estimate of drug-likeness (QED) is 0.918. The maximum absolute atomic E-state index is 13.3. The van der Waals surface area contributed by atoms with E-state index in [4.69, 9.17) is 5.11 Å². The molecule has 1 unspecified atom stereocenters. The zero-order valence-corrected chi connectivity index (χ0v) is 10.3. The first-order valence-electron chi connectivity index (χ1n) is 6.19. The van der Waals surface area contributed by atoms with Crippen molar-refractivity contribution in [1.29, 1.82) is 0 Å². The van der Waals surface area contributed by atoms with Gasteiger partial charge in [-0.25, -0.2) is 13.6 Å². The van der Waals surface area contributed by atoms with E-state index >= 15 is 0 Å². The first kappa shape index (κ1) is 13.7. The van der Waals surface area contributed by atoms with Crippen LogP contribution in [0.4, 0.5) is 8.78 Å². The van der Waals surface area contributed by atoms with Gasteiger partial charge in [0.05, 0.1) is 5.56 Å². The summed E-state index contributed by atoms with van der Waals surface area (Å²) < 4.78 is 27.8. The van der Waals surface area contributed by atoms with Crippen LogP contribution in [0.25, 0.3) is 0 Å². The predicted octanol–water partition coefficient (Wildman–Crippen LogP) is 2.37.